The summed E-state index contributed by atoms with van der Waals surface area (Å²) in [5, 5.41) is 3.67. The Morgan fingerprint density at radius 2 is 1.93 bits per heavy atom. The largest absolute Gasteiger partial charge is 0.497 e. The lowest BCUT2D eigenvalue weighted by Gasteiger charge is -2.14. The summed E-state index contributed by atoms with van der Waals surface area (Å²) >= 11 is 6.05. The third-order valence-corrected chi connectivity index (χ3v) is 7.12. The molecular formula is C21H21ClN2O3S. The van der Waals surface area contributed by atoms with Crippen LogP contribution in [0, 0.1) is 0 Å². The number of aromatic nitrogens is 1. The molecule has 0 saturated carbocycles. The average molecular weight is 417 g/mol. The third-order valence-electron chi connectivity index (χ3n) is 5.23. The first-order valence-electron chi connectivity index (χ1n) is 9.02. The molecule has 0 amide bonds. The molecule has 3 aromatic rings. The molecule has 7 heteroatoms. The predicted molar refractivity (Wildman–Crippen MR) is 111 cm³/mol. The predicted octanol–water partition coefficient (Wildman–Crippen LogP) is 4.26. The molecule has 1 aliphatic carbocycles. The van der Waals surface area contributed by atoms with Gasteiger partial charge in [-0.15, -0.1) is 0 Å². The van der Waals surface area contributed by atoms with Crippen molar-refractivity contribution < 1.29 is 13.2 Å². The zero-order valence-corrected chi connectivity index (χ0v) is 17.2. The van der Waals surface area contributed by atoms with Crippen LogP contribution in [0.4, 0.5) is 0 Å². The smallest absolute Gasteiger partial charge is 0.268 e. The Morgan fingerprint density at radius 3 is 2.57 bits per heavy atom. The number of halogens is 1. The van der Waals surface area contributed by atoms with E-state index < -0.39 is 10.0 Å². The van der Waals surface area contributed by atoms with E-state index in [0.717, 1.165) is 35.3 Å². The fourth-order valence-corrected chi connectivity index (χ4v) is 5.54. The second kappa shape index (κ2) is 7.28. The summed E-state index contributed by atoms with van der Waals surface area (Å²) in [5.74, 6) is 0.726. The molecule has 0 fully saturated rings. The fourth-order valence-electron chi connectivity index (χ4n) is 3.83. The molecule has 1 aromatic heterocycles. The molecule has 146 valence electrons. The number of nitrogens with zero attached hydrogens (tertiary/aromatic N) is 1. The van der Waals surface area contributed by atoms with Crippen molar-refractivity contribution in [2.75, 3.05) is 14.2 Å². The Morgan fingerprint density at radius 1 is 1.18 bits per heavy atom. The third kappa shape index (κ3) is 3.11. The van der Waals surface area contributed by atoms with E-state index >= 15 is 0 Å². The molecule has 0 radical (unpaired) electrons. The highest BCUT2D eigenvalue weighted by atomic mass is 35.5. The van der Waals surface area contributed by atoms with Crippen LogP contribution >= 0.6 is 11.6 Å². The molecule has 0 saturated heterocycles. The lowest BCUT2D eigenvalue weighted by Crippen LogP contribution is -2.16. The van der Waals surface area contributed by atoms with Crippen molar-refractivity contribution in [1.29, 1.82) is 0 Å². The Labute approximate surface area is 170 Å². The van der Waals surface area contributed by atoms with Crippen LogP contribution in [0.2, 0.25) is 5.02 Å². The lowest BCUT2D eigenvalue weighted by molar-refractivity contribution is 0.415. The topological polar surface area (TPSA) is 60.3 Å². The molecule has 1 N–H and O–H groups in total. The minimum Gasteiger partial charge on any atom is -0.497 e. The second-order valence-electron chi connectivity index (χ2n) is 6.78. The Kier molecular flexibility index (Phi) is 4.95. The van der Waals surface area contributed by atoms with Gasteiger partial charge in [0.1, 0.15) is 5.75 Å². The van der Waals surface area contributed by atoms with Crippen LogP contribution in [-0.4, -0.2) is 26.5 Å². The molecule has 28 heavy (non-hydrogen) atoms. The number of hydrogen-bond donors (Lipinski definition) is 1. The van der Waals surface area contributed by atoms with Crippen molar-refractivity contribution in [3.05, 3.63) is 70.9 Å². The zero-order valence-electron chi connectivity index (χ0n) is 15.6. The first kappa shape index (κ1) is 19.1. The lowest BCUT2D eigenvalue weighted by atomic mass is 10.1. The van der Waals surface area contributed by atoms with Crippen molar-refractivity contribution >= 4 is 21.6 Å². The molecule has 2 aromatic carbocycles. The highest BCUT2D eigenvalue weighted by molar-refractivity contribution is 7.90. The van der Waals surface area contributed by atoms with E-state index in [2.05, 4.69) is 5.32 Å². The standard InChI is InChI=1S/C21H21ClN2O3S/c1-23-20-11-10-18-19(20)13-24(21(18)14-6-8-16(27-2)9-7-14)28(25,26)17-5-3-4-15(22)12-17/h3-9,12-13,20,23H,10-11H2,1-2H3. The highest BCUT2D eigenvalue weighted by Crippen LogP contribution is 2.41. The molecule has 4 rings (SSSR count). The van der Waals surface area contributed by atoms with Gasteiger partial charge in [-0.05, 0) is 79.0 Å². The highest BCUT2D eigenvalue weighted by Gasteiger charge is 2.32. The summed E-state index contributed by atoms with van der Waals surface area (Å²) in [6, 6.07) is 14.0. The van der Waals surface area contributed by atoms with Crippen LogP contribution in [0.3, 0.4) is 0 Å². The SMILES string of the molecule is CNC1CCc2c1cn(S(=O)(=O)c1cccc(Cl)c1)c2-c1ccc(OC)cc1. The maximum Gasteiger partial charge on any atom is 0.268 e. The van der Waals surface area contributed by atoms with Crippen molar-refractivity contribution in [2.24, 2.45) is 0 Å². The first-order chi connectivity index (χ1) is 13.5. The Hall–Kier alpha value is -2.28. The van der Waals surface area contributed by atoms with E-state index in [4.69, 9.17) is 16.3 Å². The van der Waals surface area contributed by atoms with E-state index in [1.54, 1.807) is 31.5 Å². The van der Waals surface area contributed by atoms with Gasteiger partial charge in [-0.2, -0.15) is 0 Å². The number of nitrogens with one attached hydrogen (secondary N) is 1. The number of fused-ring (bicyclic) bond motifs is 1. The number of benzene rings is 2. The quantitative estimate of drug-likeness (QED) is 0.675. The van der Waals surface area contributed by atoms with Crippen molar-refractivity contribution in [1.82, 2.24) is 9.29 Å². The molecule has 0 aliphatic heterocycles. The van der Waals surface area contributed by atoms with E-state index in [9.17, 15) is 8.42 Å². The van der Waals surface area contributed by atoms with Crippen LogP contribution in [0.1, 0.15) is 23.6 Å². The number of rotatable bonds is 5. The summed E-state index contributed by atoms with van der Waals surface area (Å²) in [6.07, 6.45) is 3.52. The number of ether oxygens (including phenoxy) is 1. The molecule has 0 bridgehead atoms. The van der Waals surface area contributed by atoms with Crippen LogP contribution in [0.15, 0.2) is 59.6 Å². The van der Waals surface area contributed by atoms with Gasteiger partial charge >= 0.3 is 0 Å². The summed E-state index contributed by atoms with van der Waals surface area (Å²) in [7, 11) is -0.286. The maximum atomic E-state index is 13.5. The zero-order chi connectivity index (χ0) is 19.9. The monoisotopic (exact) mass is 416 g/mol. The van der Waals surface area contributed by atoms with E-state index in [0.29, 0.717) is 10.7 Å². The van der Waals surface area contributed by atoms with Gasteiger partial charge in [0.05, 0.1) is 17.7 Å². The summed E-state index contributed by atoms with van der Waals surface area (Å²) in [6.45, 7) is 0. The minimum atomic E-state index is -3.79. The van der Waals surface area contributed by atoms with Crippen molar-refractivity contribution in [2.45, 2.75) is 23.8 Å². The second-order valence-corrected chi connectivity index (χ2v) is 9.03. The van der Waals surface area contributed by atoms with Gasteiger partial charge in [-0.1, -0.05) is 17.7 Å². The molecule has 1 atom stereocenters. The summed E-state index contributed by atoms with van der Waals surface area (Å²) in [4.78, 5) is 0.171. The van der Waals surface area contributed by atoms with Gasteiger partial charge in [-0.3, -0.25) is 0 Å². The minimum absolute atomic E-state index is 0.141. The first-order valence-corrected chi connectivity index (χ1v) is 10.8. The van der Waals surface area contributed by atoms with Gasteiger partial charge in [0.2, 0.25) is 0 Å². The number of methoxy groups -OCH3 is 1. The van der Waals surface area contributed by atoms with Gasteiger partial charge < -0.3 is 10.1 Å². The Balaban J connectivity index is 1.94. The average Bonchev–Trinajstić information content (AvgIpc) is 3.27. The Bertz CT molecular complexity index is 1120. The van der Waals surface area contributed by atoms with Crippen molar-refractivity contribution in [3.63, 3.8) is 0 Å². The molecule has 0 spiro atoms. The van der Waals surface area contributed by atoms with Gasteiger partial charge in [0, 0.05) is 17.3 Å². The van der Waals surface area contributed by atoms with Gasteiger partial charge in [0.25, 0.3) is 10.0 Å². The van der Waals surface area contributed by atoms with Crippen LogP contribution in [-0.2, 0) is 16.4 Å². The summed E-state index contributed by atoms with van der Waals surface area (Å²) in [5.41, 5.74) is 3.63. The van der Waals surface area contributed by atoms with Crippen LogP contribution in [0.5, 0.6) is 5.75 Å². The van der Waals surface area contributed by atoms with Gasteiger partial charge in [0.15, 0.2) is 0 Å². The van der Waals surface area contributed by atoms with Crippen LogP contribution < -0.4 is 10.1 Å². The van der Waals surface area contributed by atoms with E-state index in [1.807, 2.05) is 31.3 Å². The fraction of sp³-hybridized carbons (Fsp3) is 0.238. The maximum absolute atomic E-state index is 13.5. The van der Waals surface area contributed by atoms with Crippen LogP contribution in [0.25, 0.3) is 11.3 Å². The van der Waals surface area contributed by atoms with E-state index in [-0.39, 0.29) is 10.9 Å². The summed E-state index contributed by atoms with van der Waals surface area (Å²) < 4.78 is 33.6. The molecule has 1 aliphatic rings. The molecule has 5 nitrogen and oxygen atoms in total. The normalized spacial score (nSPS) is 16.2. The number of hydrogen-bond acceptors (Lipinski definition) is 4. The van der Waals surface area contributed by atoms with Gasteiger partial charge in [-0.25, -0.2) is 12.4 Å². The molecule has 1 unspecified atom stereocenters. The van der Waals surface area contributed by atoms with Crippen molar-refractivity contribution in [3.8, 4) is 17.0 Å². The molecule has 1 heterocycles. The molecular weight excluding hydrogens is 396 g/mol. The van der Waals surface area contributed by atoms with E-state index in [1.165, 1.54) is 10.0 Å².